The van der Waals surface area contributed by atoms with Crippen LogP contribution in [0.3, 0.4) is 0 Å². The summed E-state index contributed by atoms with van der Waals surface area (Å²) in [5.41, 5.74) is 6.75. The SMILES string of the molecule is CC(=O)Nc1ccccc1Oc1ccc(C(N)=S)cn1. The number of nitrogens with one attached hydrogen (secondary N) is 1. The van der Waals surface area contributed by atoms with Crippen LogP contribution in [0.15, 0.2) is 42.6 Å². The van der Waals surface area contributed by atoms with E-state index in [4.69, 9.17) is 22.7 Å². The van der Waals surface area contributed by atoms with Crippen molar-refractivity contribution in [3.05, 3.63) is 48.2 Å². The molecule has 0 aliphatic carbocycles. The number of benzene rings is 1. The van der Waals surface area contributed by atoms with Gasteiger partial charge < -0.3 is 15.8 Å². The highest BCUT2D eigenvalue weighted by atomic mass is 32.1. The fraction of sp³-hybridized carbons (Fsp3) is 0.0714. The number of amides is 1. The van der Waals surface area contributed by atoms with Gasteiger partial charge in [0, 0.05) is 24.8 Å². The molecular weight excluding hydrogens is 274 g/mol. The van der Waals surface area contributed by atoms with E-state index in [1.165, 1.54) is 6.92 Å². The van der Waals surface area contributed by atoms with E-state index in [9.17, 15) is 4.79 Å². The van der Waals surface area contributed by atoms with Crippen molar-refractivity contribution in [2.24, 2.45) is 5.73 Å². The van der Waals surface area contributed by atoms with E-state index in [-0.39, 0.29) is 10.9 Å². The van der Waals surface area contributed by atoms with Gasteiger partial charge in [0.25, 0.3) is 0 Å². The molecule has 2 rings (SSSR count). The van der Waals surface area contributed by atoms with Crippen molar-refractivity contribution in [1.82, 2.24) is 4.98 Å². The lowest BCUT2D eigenvalue weighted by Crippen LogP contribution is -2.09. The fourth-order valence-corrected chi connectivity index (χ4v) is 1.67. The van der Waals surface area contributed by atoms with Crippen LogP contribution in [-0.2, 0) is 4.79 Å². The lowest BCUT2D eigenvalue weighted by molar-refractivity contribution is -0.114. The molecule has 2 aromatic rings. The van der Waals surface area contributed by atoms with Crippen LogP contribution in [0.4, 0.5) is 5.69 Å². The van der Waals surface area contributed by atoms with Crippen LogP contribution in [-0.4, -0.2) is 15.9 Å². The van der Waals surface area contributed by atoms with Gasteiger partial charge in [-0.1, -0.05) is 24.4 Å². The predicted molar refractivity (Wildman–Crippen MR) is 80.9 cm³/mol. The topological polar surface area (TPSA) is 77.2 Å². The standard InChI is InChI=1S/C14H13N3O2S/c1-9(18)17-11-4-2-3-5-12(11)19-13-7-6-10(8-16-13)14(15)20/h2-8H,1H3,(H2,15,20)(H,17,18). The Balaban J connectivity index is 2.21. The van der Waals surface area contributed by atoms with Crippen LogP contribution < -0.4 is 15.8 Å². The summed E-state index contributed by atoms with van der Waals surface area (Å²) < 4.78 is 5.64. The second kappa shape index (κ2) is 6.12. The Morgan fingerprint density at radius 2 is 2.05 bits per heavy atom. The van der Waals surface area contributed by atoms with Crippen LogP contribution in [0.1, 0.15) is 12.5 Å². The number of thiocarbonyl (C=S) groups is 1. The van der Waals surface area contributed by atoms with Crippen LogP contribution in [0.25, 0.3) is 0 Å². The van der Waals surface area contributed by atoms with Gasteiger partial charge in [-0.3, -0.25) is 4.79 Å². The summed E-state index contributed by atoms with van der Waals surface area (Å²) in [6, 6.07) is 10.5. The van der Waals surface area contributed by atoms with Crippen molar-refractivity contribution in [3.8, 4) is 11.6 Å². The second-order valence-corrected chi connectivity index (χ2v) is 4.47. The van der Waals surface area contributed by atoms with Crippen molar-refractivity contribution >= 4 is 28.8 Å². The number of carbonyl (C=O) groups excluding carboxylic acids is 1. The Morgan fingerprint density at radius 3 is 2.65 bits per heavy atom. The van der Waals surface area contributed by atoms with E-state index in [2.05, 4.69) is 10.3 Å². The second-order valence-electron chi connectivity index (χ2n) is 4.03. The third-order valence-electron chi connectivity index (χ3n) is 2.43. The molecule has 1 aromatic carbocycles. The highest BCUT2D eigenvalue weighted by molar-refractivity contribution is 7.80. The molecule has 1 heterocycles. The first-order valence-corrected chi connectivity index (χ1v) is 6.27. The van der Waals surface area contributed by atoms with Gasteiger partial charge in [0.2, 0.25) is 11.8 Å². The van der Waals surface area contributed by atoms with Crippen LogP contribution in [0.5, 0.6) is 11.6 Å². The van der Waals surface area contributed by atoms with Gasteiger partial charge in [-0.05, 0) is 18.2 Å². The molecular formula is C14H13N3O2S. The molecule has 6 heteroatoms. The maximum atomic E-state index is 11.1. The predicted octanol–water partition coefficient (Wildman–Crippen LogP) is 2.47. The number of carbonyl (C=O) groups is 1. The number of pyridine rings is 1. The van der Waals surface area contributed by atoms with E-state index >= 15 is 0 Å². The van der Waals surface area contributed by atoms with Gasteiger partial charge in [-0.2, -0.15) is 0 Å². The third-order valence-corrected chi connectivity index (χ3v) is 2.67. The normalized spacial score (nSPS) is 9.85. The minimum atomic E-state index is -0.169. The minimum Gasteiger partial charge on any atom is -0.437 e. The van der Waals surface area contributed by atoms with E-state index < -0.39 is 0 Å². The van der Waals surface area contributed by atoms with Gasteiger partial charge in [0.15, 0.2) is 5.75 Å². The molecule has 0 unspecified atom stereocenters. The zero-order valence-corrected chi connectivity index (χ0v) is 11.6. The molecule has 0 saturated carbocycles. The number of ether oxygens (including phenoxy) is 1. The Bertz CT molecular complexity index is 641. The lowest BCUT2D eigenvalue weighted by atomic mass is 10.3. The number of anilines is 1. The number of rotatable bonds is 4. The van der Waals surface area contributed by atoms with Crippen molar-refractivity contribution in [3.63, 3.8) is 0 Å². The third kappa shape index (κ3) is 3.52. The van der Waals surface area contributed by atoms with Crippen molar-refractivity contribution < 1.29 is 9.53 Å². The number of hydrogen-bond donors (Lipinski definition) is 2. The molecule has 1 aromatic heterocycles. The number of hydrogen-bond acceptors (Lipinski definition) is 4. The number of nitrogens with two attached hydrogens (primary N) is 1. The summed E-state index contributed by atoms with van der Waals surface area (Å²) >= 11 is 4.85. The van der Waals surface area contributed by atoms with Crippen LogP contribution in [0.2, 0.25) is 0 Å². The van der Waals surface area contributed by atoms with Gasteiger partial charge in [0.1, 0.15) is 4.99 Å². The number of nitrogens with zero attached hydrogens (tertiary/aromatic N) is 1. The van der Waals surface area contributed by atoms with Gasteiger partial charge >= 0.3 is 0 Å². The maximum Gasteiger partial charge on any atom is 0.221 e. The van der Waals surface area contributed by atoms with E-state index in [0.29, 0.717) is 22.9 Å². The van der Waals surface area contributed by atoms with Crippen molar-refractivity contribution in [1.29, 1.82) is 0 Å². The summed E-state index contributed by atoms with van der Waals surface area (Å²) in [5.74, 6) is 0.735. The smallest absolute Gasteiger partial charge is 0.221 e. The summed E-state index contributed by atoms with van der Waals surface area (Å²) in [5, 5.41) is 2.69. The monoisotopic (exact) mass is 287 g/mol. The molecule has 3 N–H and O–H groups in total. The zero-order valence-electron chi connectivity index (χ0n) is 10.8. The molecule has 0 spiro atoms. The molecule has 1 amide bonds. The van der Waals surface area contributed by atoms with Crippen molar-refractivity contribution in [2.75, 3.05) is 5.32 Å². The molecule has 0 aliphatic rings. The van der Waals surface area contributed by atoms with E-state index in [0.717, 1.165) is 0 Å². The Hall–Kier alpha value is -2.47. The average Bonchev–Trinajstić information content (AvgIpc) is 2.41. The molecule has 5 nitrogen and oxygen atoms in total. The van der Waals surface area contributed by atoms with E-state index in [1.807, 2.05) is 12.1 Å². The molecule has 0 radical (unpaired) electrons. The first-order chi connectivity index (χ1) is 9.56. The summed E-state index contributed by atoms with van der Waals surface area (Å²) in [4.78, 5) is 15.5. The first kappa shape index (κ1) is 14.0. The largest absolute Gasteiger partial charge is 0.437 e. The maximum absolute atomic E-state index is 11.1. The Kier molecular flexibility index (Phi) is 4.27. The summed E-state index contributed by atoms with van der Waals surface area (Å²) in [6.07, 6.45) is 1.54. The van der Waals surface area contributed by atoms with E-state index in [1.54, 1.807) is 30.5 Å². The molecule has 0 aliphatic heterocycles. The summed E-state index contributed by atoms with van der Waals surface area (Å²) in [7, 11) is 0. The Labute approximate surface area is 121 Å². The highest BCUT2D eigenvalue weighted by Crippen LogP contribution is 2.28. The molecule has 20 heavy (non-hydrogen) atoms. The van der Waals surface area contributed by atoms with Crippen LogP contribution >= 0.6 is 12.2 Å². The quantitative estimate of drug-likeness (QED) is 0.845. The number of aromatic nitrogens is 1. The molecule has 0 saturated heterocycles. The Morgan fingerprint density at radius 1 is 1.30 bits per heavy atom. The number of para-hydroxylation sites is 2. The molecule has 0 atom stereocenters. The van der Waals surface area contributed by atoms with Gasteiger partial charge in [-0.25, -0.2) is 4.98 Å². The minimum absolute atomic E-state index is 0.169. The zero-order chi connectivity index (χ0) is 14.5. The van der Waals surface area contributed by atoms with Crippen molar-refractivity contribution in [2.45, 2.75) is 6.92 Å². The highest BCUT2D eigenvalue weighted by Gasteiger charge is 2.06. The van der Waals surface area contributed by atoms with Gasteiger partial charge in [-0.15, -0.1) is 0 Å². The average molecular weight is 287 g/mol. The fourth-order valence-electron chi connectivity index (χ4n) is 1.55. The van der Waals surface area contributed by atoms with Crippen LogP contribution in [0, 0.1) is 0 Å². The molecule has 0 bridgehead atoms. The lowest BCUT2D eigenvalue weighted by Gasteiger charge is -2.10. The molecule has 0 fully saturated rings. The van der Waals surface area contributed by atoms with Gasteiger partial charge in [0.05, 0.1) is 5.69 Å². The molecule has 102 valence electrons. The summed E-state index contributed by atoms with van der Waals surface area (Å²) in [6.45, 7) is 1.44. The first-order valence-electron chi connectivity index (χ1n) is 5.86.